The van der Waals surface area contributed by atoms with E-state index in [0.29, 0.717) is 28.6 Å². The number of rotatable bonds is 8. The van der Waals surface area contributed by atoms with Crippen molar-refractivity contribution >= 4 is 35.2 Å². The molecule has 0 saturated carbocycles. The summed E-state index contributed by atoms with van der Waals surface area (Å²) in [5, 5.41) is 6.31. The predicted molar refractivity (Wildman–Crippen MR) is 135 cm³/mol. The van der Waals surface area contributed by atoms with E-state index in [0.717, 1.165) is 25.1 Å². The lowest BCUT2D eigenvalue weighted by Crippen LogP contribution is -2.28. The Balaban J connectivity index is 1.30. The number of hydrogen-bond acceptors (Lipinski definition) is 4. The van der Waals surface area contributed by atoms with E-state index >= 15 is 0 Å². The zero-order valence-electron chi connectivity index (χ0n) is 18.9. The fraction of sp³-hybridized carbons (Fsp3) is 0.185. The first-order valence-corrected chi connectivity index (χ1v) is 11.5. The number of ether oxygens (including phenoxy) is 1. The van der Waals surface area contributed by atoms with E-state index in [9.17, 15) is 9.59 Å². The quantitative estimate of drug-likeness (QED) is 0.356. The third kappa shape index (κ3) is 6.25. The SMILES string of the molecule is CN(CCCNC(=O)c1ccc2c(c1)NC(=O)C(=Cc1cccc(Cl)c1)O2)Cc1ccccc1. The van der Waals surface area contributed by atoms with Gasteiger partial charge in [0.15, 0.2) is 11.5 Å². The minimum Gasteiger partial charge on any atom is -0.449 e. The van der Waals surface area contributed by atoms with Gasteiger partial charge >= 0.3 is 0 Å². The number of halogens is 1. The van der Waals surface area contributed by atoms with Crippen LogP contribution in [0, 0.1) is 0 Å². The van der Waals surface area contributed by atoms with Crippen molar-refractivity contribution in [2.24, 2.45) is 0 Å². The first-order valence-electron chi connectivity index (χ1n) is 11.1. The maximum absolute atomic E-state index is 12.6. The van der Waals surface area contributed by atoms with Gasteiger partial charge in [0.05, 0.1) is 5.69 Å². The van der Waals surface area contributed by atoms with Gasteiger partial charge in [-0.05, 0) is 67.5 Å². The second-order valence-corrected chi connectivity index (χ2v) is 8.60. The zero-order chi connectivity index (χ0) is 23.9. The number of hydrogen-bond donors (Lipinski definition) is 2. The molecule has 3 aromatic carbocycles. The monoisotopic (exact) mass is 475 g/mol. The van der Waals surface area contributed by atoms with Crippen LogP contribution in [-0.4, -0.2) is 36.9 Å². The lowest BCUT2D eigenvalue weighted by atomic mass is 10.1. The molecule has 0 radical (unpaired) electrons. The Morgan fingerprint density at radius 2 is 1.91 bits per heavy atom. The number of fused-ring (bicyclic) bond motifs is 1. The van der Waals surface area contributed by atoms with Crippen LogP contribution in [0.5, 0.6) is 5.75 Å². The van der Waals surface area contributed by atoms with Crippen LogP contribution in [0.3, 0.4) is 0 Å². The molecular formula is C27H26ClN3O3. The molecule has 0 aliphatic carbocycles. The lowest BCUT2D eigenvalue weighted by Gasteiger charge is -2.20. The first kappa shape index (κ1) is 23.5. The molecular weight excluding hydrogens is 450 g/mol. The molecule has 1 aliphatic heterocycles. The molecule has 0 saturated heterocycles. The van der Waals surface area contributed by atoms with Crippen molar-refractivity contribution in [3.8, 4) is 5.75 Å². The number of carbonyl (C=O) groups is 2. The third-order valence-corrected chi connectivity index (χ3v) is 5.61. The van der Waals surface area contributed by atoms with Crippen molar-refractivity contribution in [1.82, 2.24) is 10.2 Å². The van der Waals surface area contributed by atoms with Gasteiger partial charge in [0.2, 0.25) is 0 Å². The summed E-state index contributed by atoms with van der Waals surface area (Å²) in [6.07, 6.45) is 2.46. The van der Waals surface area contributed by atoms with Crippen LogP contribution in [0.2, 0.25) is 5.02 Å². The number of nitrogens with zero attached hydrogens (tertiary/aromatic N) is 1. The maximum Gasteiger partial charge on any atom is 0.291 e. The van der Waals surface area contributed by atoms with Crippen molar-refractivity contribution in [3.05, 3.63) is 100 Å². The molecule has 0 fully saturated rings. The average molecular weight is 476 g/mol. The van der Waals surface area contributed by atoms with E-state index in [4.69, 9.17) is 16.3 Å². The molecule has 174 valence electrons. The van der Waals surface area contributed by atoms with Gasteiger partial charge in [-0.1, -0.05) is 54.1 Å². The van der Waals surface area contributed by atoms with E-state index in [1.807, 2.05) is 24.3 Å². The molecule has 0 atom stereocenters. The highest BCUT2D eigenvalue weighted by molar-refractivity contribution is 6.30. The van der Waals surface area contributed by atoms with Crippen LogP contribution < -0.4 is 15.4 Å². The summed E-state index contributed by atoms with van der Waals surface area (Å²) < 4.78 is 5.77. The Hall–Kier alpha value is -3.61. The van der Waals surface area contributed by atoms with Gasteiger partial charge in [0.25, 0.3) is 11.8 Å². The molecule has 0 aromatic heterocycles. The second kappa shape index (κ2) is 11.0. The fourth-order valence-electron chi connectivity index (χ4n) is 3.68. The number of benzene rings is 3. The van der Waals surface area contributed by atoms with Crippen molar-refractivity contribution in [3.63, 3.8) is 0 Å². The smallest absolute Gasteiger partial charge is 0.291 e. The highest BCUT2D eigenvalue weighted by Gasteiger charge is 2.23. The molecule has 0 spiro atoms. The normalized spacial score (nSPS) is 13.9. The fourth-order valence-corrected chi connectivity index (χ4v) is 3.88. The van der Waals surface area contributed by atoms with Crippen LogP contribution >= 0.6 is 11.6 Å². The van der Waals surface area contributed by atoms with Crippen LogP contribution in [0.15, 0.2) is 78.6 Å². The van der Waals surface area contributed by atoms with E-state index in [1.165, 1.54) is 5.56 Å². The topological polar surface area (TPSA) is 70.7 Å². The molecule has 2 N–H and O–H groups in total. The predicted octanol–water partition coefficient (Wildman–Crippen LogP) is 4.96. The zero-order valence-corrected chi connectivity index (χ0v) is 19.6. The lowest BCUT2D eigenvalue weighted by molar-refractivity contribution is -0.115. The van der Waals surface area contributed by atoms with E-state index in [1.54, 1.807) is 42.5 Å². The van der Waals surface area contributed by atoms with Crippen LogP contribution in [0.4, 0.5) is 5.69 Å². The number of carbonyl (C=O) groups excluding carboxylic acids is 2. The third-order valence-electron chi connectivity index (χ3n) is 5.38. The molecule has 0 bridgehead atoms. The van der Waals surface area contributed by atoms with Crippen molar-refractivity contribution < 1.29 is 14.3 Å². The second-order valence-electron chi connectivity index (χ2n) is 8.16. The number of amides is 2. The Morgan fingerprint density at radius 1 is 1.09 bits per heavy atom. The van der Waals surface area contributed by atoms with Gasteiger partial charge in [-0.3, -0.25) is 9.59 Å². The molecule has 3 aromatic rings. The summed E-state index contributed by atoms with van der Waals surface area (Å²) in [5.74, 6) is 0.0630. The Kier molecular flexibility index (Phi) is 7.62. The van der Waals surface area contributed by atoms with E-state index in [-0.39, 0.29) is 17.6 Å². The molecule has 34 heavy (non-hydrogen) atoms. The minimum atomic E-state index is -0.383. The van der Waals surface area contributed by atoms with Gasteiger partial charge < -0.3 is 20.3 Å². The summed E-state index contributed by atoms with van der Waals surface area (Å²) in [7, 11) is 2.07. The Labute approximate surface area is 204 Å². The van der Waals surface area contributed by atoms with Crippen molar-refractivity contribution in [1.29, 1.82) is 0 Å². The highest BCUT2D eigenvalue weighted by atomic mass is 35.5. The minimum absolute atomic E-state index is 0.159. The molecule has 2 amide bonds. The molecule has 0 unspecified atom stereocenters. The van der Waals surface area contributed by atoms with Gasteiger partial charge in [-0.2, -0.15) is 0 Å². The summed E-state index contributed by atoms with van der Waals surface area (Å²) in [6, 6.07) is 22.4. The largest absolute Gasteiger partial charge is 0.449 e. The first-order chi connectivity index (χ1) is 16.5. The van der Waals surface area contributed by atoms with Gasteiger partial charge in [0, 0.05) is 23.7 Å². The standard InChI is InChI=1S/C27H26ClN3O3/c1-31(18-19-7-3-2-4-8-19)14-6-13-29-26(32)21-11-12-24-23(17-21)30-27(33)25(34-24)16-20-9-5-10-22(28)15-20/h2-5,7-12,15-17H,6,13-14,18H2,1H3,(H,29,32)(H,30,33). The van der Waals surface area contributed by atoms with E-state index < -0.39 is 0 Å². The molecule has 1 heterocycles. The van der Waals surface area contributed by atoms with Crippen molar-refractivity contribution in [2.75, 3.05) is 25.5 Å². The van der Waals surface area contributed by atoms with Crippen LogP contribution in [0.25, 0.3) is 6.08 Å². The number of anilines is 1. The summed E-state index contributed by atoms with van der Waals surface area (Å²) in [4.78, 5) is 27.3. The highest BCUT2D eigenvalue weighted by Crippen LogP contribution is 2.32. The van der Waals surface area contributed by atoms with Crippen molar-refractivity contribution in [2.45, 2.75) is 13.0 Å². The van der Waals surface area contributed by atoms with Crippen LogP contribution in [-0.2, 0) is 11.3 Å². The molecule has 7 heteroatoms. The summed E-state index contributed by atoms with van der Waals surface area (Å²) in [5.41, 5.74) is 2.94. The van der Waals surface area contributed by atoms with E-state index in [2.05, 4.69) is 34.7 Å². The summed E-state index contributed by atoms with van der Waals surface area (Å²) >= 11 is 6.01. The molecule has 1 aliphatic rings. The maximum atomic E-state index is 12.6. The van der Waals surface area contributed by atoms with Gasteiger partial charge in [-0.15, -0.1) is 0 Å². The summed E-state index contributed by atoms with van der Waals surface area (Å²) in [6.45, 7) is 2.29. The van der Waals surface area contributed by atoms with Crippen LogP contribution in [0.1, 0.15) is 27.9 Å². The molecule has 4 rings (SSSR count). The molecule has 6 nitrogen and oxygen atoms in total. The average Bonchev–Trinajstić information content (AvgIpc) is 2.82. The Morgan fingerprint density at radius 3 is 2.71 bits per heavy atom. The Bertz CT molecular complexity index is 1210. The van der Waals surface area contributed by atoms with Gasteiger partial charge in [0.1, 0.15) is 0 Å². The number of nitrogens with one attached hydrogen (secondary N) is 2. The van der Waals surface area contributed by atoms with Gasteiger partial charge in [-0.25, -0.2) is 0 Å².